The highest BCUT2D eigenvalue weighted by Gasteiger charge is 2.66. The second-order valence-electron chi connectivity index (χ2n) is 40.4. The molecule has 634 valence electrons. The van der Waals surface area contributed by atoms with Gasteiger partial charge in [0, 0.05) is 94.3 Å². The summed E-state index contributed by atoms with van der Waals surface area (Å²) in [6.45, 7) is 0. The summed E-state index contributed by atoms with van der Waals surface area (Å²) in [5.41, 5.74) is 40.9. The second kappa shape index (κ2) is 29.0. The highest BCUT2D eigenvalue weighted by Crippen LogP contribution is 2.74. The van der Waals surface area contributed by atoms with Crippen LogP contribution in [0.3, 0.4) is 0 Å². The van der Waals surface area contributed by atoms with Gasteiger partial charge in [0.25, 0.3) is 0 Å². The zero-order valence-corrected chi connectivity index (χ0v) is 74.3. The van der Waals surface area contributed by atoms with Gasteiger partial charge in [-0.05, 0) is 357 Å². The maximum atomic E-state index is 2.68. The predicted octanol–water partition coefficient (Wildman–Crippen LogP) is 33.4. The molecule has 0 radical (unpaired) electrons. The van der Waals surface area contributed by atoms with Gasteiger partial charge in [0.2, 0.25) is 0 Å². The number of benzene rings is 18. The van der Waals surface area contributed by atoms with Crippen molar-refractivity contribution >= 4 is 99.5 Å². The van der Waals surface area contributed by atoms with Crippen molar-refractivity contribution in [1.82, 2.24) is 13.7 Å². The van der Waals surface area contributed by atoms with Crippen LogP contribution in [0, 0.1) is 41.4 Å². The van der Waals surface area contributed by atoms with Crippen LogP contribution >= 0.6 is 0 Å². The molecule has 0 amide bonds. The van der Waals surface area contributed by atoms with Gasteiger partial charge in [0.15, 0.2) is 0 Å². The molecule has 2 atom stereocenters. The monoisotopic (exact) mass is 1700 g/mol. The molecule has 8 bridgehead atoms. The molecule has 0 N–H and O–H groups in total. The van der Waals surface area contributed by atoms with Gasteiger partial charge in [-0.3, -0.25) is 0 Å². The van der Waals surface area contributed by atoms with Gasteiger partial charge in [-0.1, -0.05) is 273 Å². The summed E-state index contributed by atoms with van der Waals surface area (Å²) in [6, 6.07) is 162. The average Bonchev–Trinajstić information content (AvgIpc) is 1.35. The van der Waals surface area contributed by atoms with Crippen molar-refractivity contribution < 1.29 is 0 Å². The van der Waals surface area contributed by atoms with Crippen LogP contribution in [-0.2, 0) is 16.2 Å². The zero-order chi connectivity index (χ0) is 86.9. The third kappa shape index (κ3) is 11.2. The Morgan fingerprint density at radius 1 is 0.195 bits per heavy atom. The van der Waals surface area contributed by atoms with Crippen LogP contribution in [-0.4, -0.2) is 13.7 Å². The van der Waals surface area contributed by atoms with Crippen LogP contribution in [0.5, 0.6) is 0 Å². The molecule has 31 rings (SSSR count). The summed E-state index contributed by atoms with van der Waals surface area (Å²) < 4.78 is 7.43. The van der Waals surface area contributed by atoms with Crippen LogP contribution in [0.1, 0.15) is 92.0 Å². The van der Waals surface area contributed by atoms with E-state index in [4.69, 9.17) is 0 Å². The molecular weight excluding hydrogens is 1610 g/mol. The highest BCUT2D eigenvalue weighted by molar-refractivity contribution is 6.14. The van der Waals surface area contributed by atoms with Gasteiger partial charge in [-0.15, -0.1) is 0 Å². The lowest BCUT2D eigenvalue weighted by Gasteiger charge is -2.65. The fourth-order valence-corrected chi connectivity index (χ4v) is 29.1. The van der Waals surface area contributed by atoms with E-state index in [2.05, 4.69) is 448 Å². The van der Waals surface area contributed by atoms with Crippen molar-refractivity contribution in [2.24, 2.45) is 41.4 Å². The van der Waals surface area contributed by atoms with Crippen molar-refractivity contribution in [2.75, 3.05) is 9.80 Å². The largest absolute Gasteiger partial charge is 0.310 e. The fourth-order valence-electron chi connectivity index (χ4n) is 29.1. The Morgan fingerprint density at radius 3 is 1.02 bits per heavy atom. The summed E-state index contributed by atoms with van der Waals surface area (Å²) in [5, 5.41) is 7.55. The Bertz CT molecular complexity index is 8260. The smallest absolute Gasteiger partial charge is 0.0561 e. The first-order valence-corrected chi connectivity index (χ1v) is 48.7. The van der Waals surface area contributed by atoms with Crippen molar-refractivity contribution in [1.29, 1.82) is 0 Å². The number of para-hydroxylation sites is 5. The zero-order valence-electron chi connectivity index (χ0n) is 74.3. The lowest BCUT2D eigenvalue weighted by molar-refractivity contribution is -0.0595. The van der Waals surface area contributed by atoms with E-state index in [0.717, 1.165) is 69.2 Å². The summed E-state index contributed by atoms with van der Waals surface area (Å²) in [6.07, 6.45) is 13.2. The van der Waals surface area contributed by atoms with Crippen molar-refractivity contribution in [3.05, 3.63) is 452 Å². The third-order valence-electron chi connectivity index (χ3n) is 34.0. The normalized spacial score (nSPS) is 21.8. The molecule has 2 spiro atoms. The summed E-state index contributed by atoms with van der Waals surface area (Å²) >= 11 is 0. The topological polar surface area (TPSA) is 21.3 Å². The van der Waals surface area contributed by atoms with Gasteiger partial charge in [0.1, 0.15) is 0 Å². The van der Waals surface area contributed by atoms with Gasteiger partial charge in [-0.25, -0.2) is 0 Å². The van der Waals surface area contributed by atoms with Crippen molar-refractivity contribution in [3.63, 3.8) is 0 Å². The standard InChI is InChI=1S/C128H97N5/c1-5-21-84(22-6-1)85-37-39-86(40-38-85)87-41-50-100(51-42-87)129(104-56-59-110-108-31-15-19-35-120(108)132(124(110)76-104)98-25-9-3-10-26-98)101-52-43-88(44-53-101)91-48-62-119-113(73-91)107-30-14-18-34-117(107)128(119)95-70-83-71-96(128)80-126(78-83,79-95)92-49-63-122-114(74-92)111-60-57-105(77-125(111)133(122)99-27-11-4-12-28-99)130(103-58-64-123-115(75-103)109-32-16-20-36-121(109)131(123)97-23-7-2-8-24-97)102-54-45-89(46-55-102)90-47-61-118-112(72-90)106-29-13-17-33-116(106)127(118)93-66-81-65-82(68-93)69-94(127)67-81/h1-64,72-77,81-83,93-96H,65-71,78-80H2. The summed E-state index contributed by atoms with van der Waals surface area (Å²) in [7, 11) is 0. The minimum Gasteiger partial charge on any atom is -0.310 e. The van der Waals surface area contributed by atoms with Gasteiger partial charge in [-0.2, -0.15) is 0 Å². The molecule has 5 heteroatoms. The van der Waals surface area contributed by atoms with E-state index in [1.54, 1.807) is 22.3 Å². The number of hydrogen-bond donors (Lipinski definition) is 0. The molecule has 10 aliphatic rings. The number of aromatic nitrogens is 3. The Balaban J connectivity index is 0.512. The Kier molecular flexibility index (Phi) is 16.5. The molecule has 8 saturated carbocycles. The van der Waals surface area contributed by atoms with Crippen molar-refractivity contribution in [3.8, 4) is 83.8 Å². The van der Waals surface area contributed by atoms with E-state index < -0.39 is 0 Å². The average molecular weight is 1710 g/mol. The quantitative estimate of drug-likeness (QED) is 0.108. The molecule has 3 aromatic heterocycles. The first-order chi connectivity index (χ1) is 65.8. The first kappa shape index (κ1) is 75.7. The molecule has 21 aromatic rings. The van der Waals surface area contributed by atoms with E-state index in [1.807, 2.05) is 0 Å². The van der Waals surface area contributed by atoms with Crippen LogP contribution in [0.2, 0.25) is 0 Å². The van der Waals surface area contributed by atoms with E-state index >= 15 is 0 Å². The lowest BCUT2D eigenvalue weighted by Crippen LogP contribution is -2.60. The molecule has 5 nitrogen and oxygen atoms in total. The molecule has 2 unspecified atom stereocenters. The molecule has 8 fully saturated rings. The Hall–Kier alpha value is -15.0. The molecule has 18 aromatic carbocycles. The van der Waals surface area contributed by atoms with E-state index in [1.165, 1.54) is 208 Å². The van der Waals surface area contributed by atoms with Crippen LogP contribution in [0.4, 0.5) is 34.1 Å². The Labute approximate surface area is 775 Å². The summed E-state index contributed by atoms with van der Waals surface area (Å²) in [5.74, 6) is 4.97. The minimum absolute atomic E-state index is 0.0555. The molecule has 3 heterocycles. The van der Waals surface area contributed by atoms with Crippen LogP contribution in [0.15, 0.2) is 425 Å². The predicted molar refractivity (Wildman–Crippen MR) is 552 cm³/mol. The highest BCUT2D eigenvalue weighted by atomic mass is 15.2. The van der Waals surface area contributed by atoms with Crippen molar-refractivity contribution in [2.45, 2.75) is 80.5 Å². The number of nitrogens with zero attached hydrogens (tertiary/aromatic N) is 5. The van der Waals surface area contributed by atoms with E-state index in [0.29, 0.717) is 17.8 Å². The summed E-state index contributed by atoms with van der Waals surface area (Å²) in [4.78, 5) is 4.98. The maximum Gasteiger partial charge on any atom is 0.0561 e. The molecule has 10 aliphatic carbocycles. The third-order valence-corrected chi connectivity index (χ3v) is 34.0. The Morgan fingerprint density at radius 2 is 0.519 bits per heavy atom. The first-order valence-electron chi connectivity index (χ1n) is 48.7. The molecule has 133 heavy (non-hydrogen) atoms. The molecule has 0 saturated heterocycles. The molecular formula is C128H97N5. The number of anilines is 6. The second-order valence-corrected chi connectivity index (χ2v) is 40.4. The SMILES string of the molecule is c1ccc(-c2ccc(-c3ccc(N(c4ccc(-c5ccc6c(c5)-c5ccccc5C65C6CC7CC5CC(c5ccc8c(c5)c5ccc(N(c9ccc(-c%10ccc%11c(c%10)-c%10ccccc%10C%11%10C%11CC%12CC(C%11)CC%10C%12)cc9)c9ccc%10c(c9)c9ccccc9n%10-c9ccccc9)cc5n8-c5ccccc5)(C7)C6)cc4)c4ccc5c6ccccc6n(-c6ccccc6)c5c4)cc3)cc2)cc1. The van der Waals surface area contributed by atoms with Gasteiger partial charge >= 0.3 is 0 Å². The van der Waals surface area contributed by atoms with Crippen LogP contribution < -0.4 is 9.80 Å². The van der Waals surface area contributed by atoms with Gasteiger partial charge < -0.3 is 23.5 Å². The minimum atomic E-state index is -0.0602. The van der Waals surface area contributed by atoms with E-state index in [9.17, 15) is 0 Å². The van der Waals surface area contributed by atoms with Gasteiger partial charge in [0.05, 0.1) is 33.1 Å². The van der Waals surface area contributed by atoms with Crippen LogP contribution in [0.25, 0.3) is 149 Å². The lowest BCUT2D eigenvalue weighted by atomic mass is 9.38. The maximum absolute atomic E-state index is 2.68. The number of hydrogen-bond acceptors (Lipinski definition) is 2. The number of fused-ring (bicyclic) bond motifs is 15. The van der Waals surface area contributed by atoms with E-state index in [-0.39, 0.29) is 16.2 Å². The fraction of sp³-hybridized carbons (Fsp3) is 0.156. The molecule has 0 aliphatic heterocycles. The number of rotatable bonds is 14.